The lowest BCUT2D eigenvalue weighted by Gasteiger charge is -2.30. The molecule has 1 saturated carbocycles. The molecule has 1 aliphatic rings. The van der Waals surface area contributed by atoms with Crippen molar-refractivity contribution in [3.63, 3.8) is 0 Å². The second kappa shape index (κ2) is 4.36. The molecule has 0 aliphatic heterocycles. The smallest absolute Gasteiger partial charge is 0.0925 e. The van der Waals surface area contributed by atoms with Crippen molar-refractivity contribution in [1.82, 2.24) is 9.59 Å². The Morgan fingerprint density at radius 2 is 2.43 bits per heavy atom. The third kappa shape index (κ3) is 2.12. The fraction of sp³-hybridized carbons (Fsp3) is 0.800. The van der Waals surface area contributed by atoms with Crippen LogP contribution >= 0.6 is 11.5 Å². The fourth-order valence-electron chi connectivity index (χ4n) is 2.37. The van der Waals surface area contributed by atoms with Crippen LogP contribution in [0.15, 0.2) is 5.38 Å². The van der Waals surface area contributed by atoms with Gasteiger partial charge in [-0.05, 0) is 36.2 Å². The van der Waals surface area contributed by atoms with Gasteiger partial charge in [-0.25, -0.2) is 0 Å². The van der Waals surface area contributed by atoms with Gasteiger partial charge in [0.15, 0.2) is 0 Å². The molecule has 3 atom stereocenters. The maximum absolute atomic E-state index is 6.18. The lowest BCUT2D eigenvalue weighted by atomic mass is 9.78. The second-order valence-corrected chi connectivity index (χ2v) is 5.00. The third-order valence-electron chi connectivity index (χ3n) is 3.20. The molecule has 2 rings (SSSR count). The molecule has 3 nitrogen and oxygen atoms in total. The fourth-order valence-corrected chi connectivity index (χ4v) is 2.87. The minimum Gasteiger partial charge on any atom is -0.322 e. The van der Waals surface area contributed by atoms with Crippen LogP contribution in [-0.2, 0) is 0 Å². The van der Waals surface area contributed by atoms with Gasteiger partial charge in [0, 0.05) is 5.38 Å². The van der Waals surface area contributed by atoms with Crippen molar-refractivity contribution in [3.05, 3.63) is 11.1 Å². The van der Waals surface area contributed by atoms with Crippen molar-refractivity contribution >= 4 is 11.5 Å². The minimum atomic E-state index is 0.108. The molecule has 1 heterocycles. The van der Waals surface area contributed by atoms with Crippen molar-refractivity contribution in [2.75, 3.05) is 0 Å². The Bertz CT molecular complexity index is 273. The number of aromatic nitrogens is 2. The van der Waals surface area contributed by atoms with E-state index in [9.17, 15) is 0 Å². The highest BCUT2D eigenvalue weighted by atomic mass is 32.1. The second-order valence-electron chi connectivity index (χ2n) is 4.39. The van der Waals surface area contributed by atoms with Gasteiger partial charge in [0.1, 0.15) is 0 Å². The third-order valence-corrected chi connectivity index (χ3v) is 3.73. The molecule has 4 heteroatoms. The molecule has 0 bridgehead atoms. The molecule has 0 aromatic carbocycles. The zero-order valence-electron chi connectivity index (χ0n) is 8.52. The molecule has 0 amide bonds. The molecule has 78 valence electrons. The summed E-state index contributed by atoms with van der Waals surface area (Å²) in [5, 5.41) is 6.04. The monoisotopic (exact) mass is 211 g/mol. The molecule has 1 fully saturated rings. The Hall–Kier alpha value is -0.480. The first-order chi connectivity index (χ1) is 6.77. The van der Waals surface area contributed by atoms with E-state index in [1.165, 1.54) is 37.2 Å². The molecular weight excluding hydrogens is 194 g/mol. The van der Waals surface area contributed by atoms with Crippen molar-refractivity contribution in [3.8, 4) is 0 Å². The summed E-state index contributed by atoms with van der Waals surface area (Å²) in [5.74, 6) is 1.44. The zero-order chi connectivity index (χ0) is 9.97. The van der Waals surface area contributed by atoms with Gasteiger partial charge in [0.25, 0.3) is 0 Å². The highest BCUT2D eigenvalue weighted by molar-refractivity contribution is 7.03. The van der Waals surface area contributed by atoms with Gasteiger partial charge in [0.2, 0.25) is 0 Å². The van der Waals surface area contributed by atoms with Gasteiger partial charge >= 0.3 is 0 Å². The number of rotatable bonds is 2. The summed E-state index contributed by atoms with van der Waals surface area (Å²) < 4.78 is 3.87. The maximum Gasteiger partial charge on any atom is 0.0925 e. The van der Waals surface area contributed by atoms with Crippen LogP contribution in [0.5, 0.6) is 0 Å². The average Bonchev–Trinajstić information content (AvgIpc) is 2.69. The Morgan fingerprint density at radius 3 is 3.07 bits per heavy atom. The molecule has 0 saturated heterocycles. The predicted octanol–water partition coefficient (Wildman–Crippen LogP) is 2.36. The van der Waals surface area contributed by atoms with E-state index in [1.54, 1.807) is 0 Å². The van der Waals surface area contributed by atoms with Gasteiger partial charge in [-0.1, -0.05) is 24.3 Å². The van der Waals surface area contributed by atoms with E-state index in [1.807, 2.05) is 5.38 Å². The van der Waals surface area contributed by atoms with Crippen LogP contribution in [0, 0.1) is 11.8 Å². The summed E-state index contributed by atoms with van der Waals surface area (Å²) in [6.45, 7) is 2.32. The highest BCUT2D eigenvalue weighted by Gasteiger charge is 2.26. The Kier molecular flexibility index (Phi) is 3.13. The van der Waals surface area contributed by atoms with Crippen LogP contribution in [0.2, 0.25) is 0 Å². The molecule has 0 radical (unpaired) electrons. The van der Waals surface area contributed by atoms with Gasteiger partial charge in [-0.2, -0.15) is 0 Å². The molecule has 14 heavy (non-hydrogen) atoms. The Balaban J connectivity index is 2.00. The van der Waals surface area contributed by atoms with Crippen LogP contribution < -0.4 is 5.73 Å². The largest absolute Gasteiger partial charge is 0.322 e. The summed E-state index contributed by atoms with van der Waals surface area (Å²) in [6, 6.07) is 0.108. The van der Waals surface area contributed by atoms with E-state index in [4.69, 9.17) is 5.73 Å². The highest BCUT2D eigenvalue weighted by Crippen LogP contribution is 2.35. The van der Waals surface area contributed by atoms with E-state index >= 15 is 0 Å². The van der Waals surface area contributed by atoms with Crippen LogP contribution in [-0.4, -0.2) is 9.59 Å². The average molecular weight is 211 g/mol. The first-order valence-corrected chi connectivity index (χ1v) is 6.13. The molecule has 2 N–H and O–H groups in total. The summed E-state index contributed by atoms with van der Waals surface area (Å²) in [7, 11) is 0. The number of nitrogens with zero attached hydrogens (tertiary/aromatic N) is 2. The van der Waals surface area contributed by atoms with Gasteiger partial charge < -0.3 is 5.73 Å². The quantitative estimate of drug-likeness (QED) is 0.817. The molecule has 0 spiro atoms. The molecule has 1 aromatic rings. The van der Waals surface area contributed by atoms with Crippen molar-refractivity contribution in [2.45, 2.75) is 38.6 Å². The molecule has 3 unspecified atom stereocenters. The number of nitrogens with two attached hydrogens (primary N) is 1. The molecular formula is C10H17N3S. The van der Waals surface area contributed by atoms with Crippen LogP contribution in [0.4, 0.5) is 0 Å². The topological polar surface area (TPSA) is 51.8 Å². The zero-order valence-corrected chi connectivity index (χ0v) is 9.33. The van der Waals surface area contributed by atoms with E-state index in [-0.39, 0.29) is 6.04 Å². The minimum absolute atomic E-state index is 0.108. The number of hydrogen-bond donors (Lipinski definition) is 1. The lowest BCUT2D eigenvalue weighted by molar-refractivity contribution is 0.245. The lowest BCUT2D eigenvalue weighted by Crippen LogP contribution is -2.26. The van der Waals surface area contributed by atoms with E-state index < -0.39 is 0 Å². The summed E-state index contributed by atoms with van der Waals surface area (Å²) >= 11 is 1.39. The van der Waals surface area contributed by atoms with Crippen LogP contribution in [0.1, 0.15) is 44.3 Å². The normalized spacial score (nSPS) is 30.1. The van der Waals surface area contributed by atoms with E-state index in [0.717, 1.165) is 11.6 Å². The first kappa shape index (κ1) is 10.1. The van der Waals surface area contributed by atoms with E-state index in [2.05, 4.69) is 16.5 Å². The Morgan fingerprint density at radius 1 is 1.57 bits per heavy atom. The SMILES string of the molecule is CC1CCCC(C(N)c2csnn2)C1. The Labute approximate surface area is 88.9 Å². The van der Waals surface area contributed by atoms with Gasteiger partial charge in [-0.3, -0.25) is 0 Å². The summed E-state index contributed by atoms with van der Waals surface area (Å²) in [5.41, 5.74) is 7.16. The van der Waals surface area contributed by atoms with Gasteiger partial charge in [-0.15, -0.1) is 5.10 Å². The van der Waals surface area contributed by atoms with Crippen molar-refractivity contribution in [1.29, 1.82) is 0 Å². The molecule has 1 aromatic heterocycles. The predicted molar refractivity (Wildman–Crippen MR) is 58.0 cm³/mol. The number of hydrogen-bond acceptors (Lipinski definition) is 4. The molecule has 1 aliphatic carbocycles. The summed E-state index contributed by atoms with van der Waals surface area (Å²) in [6.07, 6.45) is 5.18. The van der Waals surface area contributed by atoms with Gasteiger partial charge in [0.05, 0.1) is 11.7 Å². The van der Waals surface area contributed by atoms with Crippen molar-refractivity contribution in [2.24, 2.45) is 17.6 Å². The standard InChI is InChI=1S/C10H17N3S/c1-7-3-2-4-8(5-7)10(11)9-6-14-13-12-9/h6-8,10H,2-5,11H2,1H3. The maximum atomic E-state index is 6.18. The van der Waals surface area contributed by atoms with Crippen molar-refractivity contribution < 1.29 is 0 Å². The van der Waals surface area contributed by atoms with Crippen LogP contribution in [0.25, 0.3) is 0 Å². The van der Waals surface area contributed by atoms with Crippen LogP contribution in [0.3, 0.4) is 0 Å². The first-order valence-electron chi connectivity index (χ1n) is 5.30. The summed E-state index contributed by atoms with van der Waals surface area (Å²) in [4.78, 5) is 0. The van der Waals surface area contributed by atoms with E-state index in [0.29, 0.717) is 5.92 Å².